The molecule has 8 atom stereocenters. The Morgan fingerprint density at radius 3 is 2.37 bits per heavy atom. The van der Waals surface area contributed by atoms with Gasteiger partial charge in [-0.15, -0.1) is 6.58 Å². The Hall–Kier alpha value is -1.96. The molecular weight excluding hydrogens is 475 g/mol. The van der Waals surface area contributed by atoms with Gasteiger partial charge in [0, 0.05) is 12.0 Å². The van der Waals surface area contributed by atoms with Gasteiger partial charge in [-0.2, -0.15) is 5.26 Å². The average Bonchev–Trinajstić information content (AvgIpc) is 3.31. The lowest BCUT2D eigenvalue weighted by molar-refractivity contribution is -0.215. The number of nitriles is 1. The standard InChI is InChI=1S/C30H43FN2O2.C3H6/c1-26(2)22-10-12-29(5)23(27(22,3)17-19(18-32)24(26)34)9-8-20-21-7-6-11-30(21,14-13-28(20,29)4)25(35)33-16-15-31;1-3-2/h17,20-23H,6-16H2,1-5H3,(H,33,35);3H,1H2,2H3/t20?,21?,22?,23?,27?,28-,29-,30?;/m1./s1. The molecule has 1 amide bonds. The van der Waals surface area contributed by atoms with Gasteiger partial charge in [-0.1, -0.05) is 53.2 Å². The third kappa shape index (κ3) is 3.79. The molecule has 5 heteroatoms. The first-order chi connectivity index (χ1) is 17.8. The zero-order chi connectivity index (χ0) is 28.1. The summed E-state index contributed by atoms with van der Waals surface area (Å²) in [6, 6.07) is 2.25. The summed E-state index contributed by atoms with van der Waals surface area (Å²) in [7, 11) is 0. The van der Waals surface area contributed by atoms with Crippen LogP contribution in [-0.2, 0) is 9.59 Å². The Morgan fingerprint density at radius 1 is 1.05 bits per heavy atom. The van der Waals surface area contributed by atoms with Crippen LogP contribution in [0.5, 0.6) is 0 Å². The summed E-state index contributed by atoms with van der Waals surface area (Å²) in [4.78, 5) is 26.5. The molecule has 5 aliphatic carbocycles. The molecule has 4 nitrogen and oxygen atoms in total. The SMILES string of the molecule is C=CC.CC1(C)C(=O)C(C#N)=CC2(C)C1CC[C@]1(C)C2CCC2C3CCCC3(C(=O)NCCF)CC[C@]21C. The summed E-state index contributed by atoms with van der Waals surface area (Å²) < 4.78 is 12.9. The van der Waals surface area contributed by atoms with E-state index in [0.29, 0.717) is 23.3 Å². The van der Waals surface area contributed by atoms with E-state index in [1.54, 1.807) is 6.08 Å². The highest BCUT2D eigenvalue weighted by atomic mass is 19.1. The smallest absolute Gasteiger partial charge is 0.226 e. The maximum absolute atomic E-state index is 13.4. The number of allylic oxidation sites excluding steroid dienone is 3. The zero-order valence-electron chi connectivity index (χ0n) is 24.6. The minimum absolute atomic E-state index is 0.0127. The van der Waals surface area contributed by atoms with Gasteiger partial charge in [-0.3, -0.25) is 9.59 Å². The molecule has 4 fully saturated rings. The molecule has 5 rings (SSSR count). The van der Waals surface area contributed by atoms with E-state index in [1.165, 1.54) is 0 Å². The van der Waals surface area contributed by atoms with Gasteiger partial charge in [-0.05, 0) is 98.2 Å². The second-order valence-corrected chi connectivity index (χ2v) is 14.3. The van der Waals surface area contributed by atoms with Crippen molar-refractivity contribution in [1.82, 2.24) is 5.32 Å². The number of hydrogen-bond donors (Lipinski definition) is 1. The Kier molecular flexibility index (Phi) is 7.56. The van der Waals surface area contributed by atoms with Gasteiger partial charge in [0.1, 0.15) is 12.7 Å². The van der Waals surface area contributed by atoms with Crippen molar-refractivity contribution in [2.75, 3.05) is 13.2 Å². The molecule has 0 radical (unpaired) electrons. The summed E-state index contributed by atoms with van der Waals surface area (Å²) in [5, 5.41) is 12.8. The monoisotopic (exact) mass is 524 g/mol. The van der Waals surface area contributed by atoms with Gasteiger partial charge in [0.05, 0.1) is 11.0 Å². The molecular formula is C33H49FN2O2. The highest BCUT2D eigenvalue weighted by Crippen LogP contribution is 2.76. The molecule has 5 aliphatic rings. The van der Waals surface area contributed by atoms with Gasteiger partial charge in [0.15, 0.2) is 5.78 Å². The van der Waals surface area contributed by atoms with E-state index in [4.69, 9.17) is 0 Å². The van der Waals surface area contributed by atoms with Crippen molar-refractivity contribution in [2.24, 2.45) is 50.7 Å². The van der Waals surface area contributed by atoms with E-state index < -0.39 is 12.1 Å². The Morgan fingerprint density at radius 2 is 1.74 bits per heavy atom. The van der Waals surface area contributed by atoms with Crippen LogP contribution in [0, 0.1) is 62.1 Å². The maximum Gasteiger partial charge on any atom is 0.226 e. The van der Waals surface area contributed by atoms with Crippen molar-refractivity contribution in [1.29, 1.82) is 5.26 Å². The first-order valence-corrected chi connectivity index (χ1v) is 14.9. The number of halogens is 1. The molecule has 0 aromatic heterocycles. The lowest BCUT2D eigenvalue weighted by Crippen LogP contribution is -2.66. The Balaban J connectivity index is 0.00000107. The maximum atomic E-state index is 13.4. The summed E-state index contributed by atoms with van der Waals surface area (Å²) in [5.74, 6) is 1.64. The fourth-order valence-electron chi connectivity index (χ4n) is 10.9. The van der Waals surface area contributed by atoms with E-state index in [1.807, 2.05) is 6.92 Å². The minimum Gasteiger partial charge on any atom is -0.353 e. The molecule has 1 N–H and O–H groups in total. The number of carbonyl (C=O) groups excluding carboxylic acids is 2. The van der Waals surface area contributed by atoms with Crippen molar-refractivity contribution in [3.63, 3.8) is 0 Å². The van der Waals surface area contributed by atoms with E-state index in [2.05, 4.69) is 58.7 Å². The van der Waals surface area contributed by atoms with Crippen LogP contribution in [0.25, 0.3) is 0 Å². The number of Topliss-reactive ketones (excluding diaryl/α,β-unsaturated/α-hetero) is 1. The number of fused-ring (bicyclic) bond motifs is 7. The highest BCUT2D eigenvalue weighted by molar-refractivity contribution is 6.04. The first kappa shape index (κ1) is 29.0. The molecule has 0 aromatic rings. The third-order valence-electron chi connectivity index (χ3n) is 12.6. The lowest BCUT2D eigenvalue weighted by Gasteiger charge is -2.71. The molecule has 38 heavy (non-hydrogen) atoms. The van der Waals surface area contributed by atoms with Crippen molar-refractivity contribution in [3.05, 3.63) is 24.3 Å². The van der Waals surface area contributed by atoms with E-state index in [9.17, 15) is 19.2 Å². The third-order valence-corrected chi connectivity index (χ3v) is 12.6. The fraction of sp³-hybridized carbons (Fsp3) is 0.788. The van der Waals surface area contributed by atoms with Crippen LogP contribution in [0.2, 0.25) is 0 Å². The van der Waals surface area contributed by atoms with Crippen LogP contribution in [0.15, 0.2) is 24.3 Å². The van der Waals surface area contributed by atoms with Crippen molar-refractivity contribution < 1.29 is 14.0 Å². The van der Waals surface area contributed by atoms with Crippen LogP contribution < -0.4 is 5.32 Å². The summed E-state index contributed by atoms with van der Waals surface area (Å²) in [6.45, 7) is 16.3. The topological polar surface area (TPSA) is 70.0 Å². The summed E-state index contributed by atoms with van der Waals surface area (Å²) in [6.07, 6.45) is 13.2. The van der Waals surface area contributed by atoms with Gasteiger partial charge in [0.2, 0.25) is 5.91 Å². The van der Waals surface area contributed by atoms with E-state index in [-0.39, 0.29) is 45.8 Å². The summed E-state index contributed by atoms with van der Waals surface area (Å²) >= 11 is 0. The molecule has 210 valence electrons. The number of rotatable bonds is 3. The van der Waals surface area contributed by atoms with Crippen molar-refractivity contribution >= 4 is 11.7 Å². The number of nitrogens with one attached hydrogen (secondary N) is 1. The van der Waals surface area contributed by atoms with E-state index in [0.717, 1.165) is 57.8 Å². The first-order valence-electron chi connectivity index (χ1n) is 14.9. The molecule has 0 aromatic carbocycles. The number of nitrogens with zero attached hydrogens (tertiary/aromatic N) is 1. The number of carbonyl (C=O) groups is 2. The molecule has 6 unspecified atom stereocenters. The van der Waals surface area contributed by atoms with Crippen LogP contribution >= 0.6 is 0 Å². The van der Waals surface area contributed by atoms with Crippen molar-refractivity contribution in [3.8, 4) is 6.07 Å². The van der Waals surface area contributed by atoms with Crippen LogP contribution in [0.1, 0.15) is 99.3 Å². The average molecular weight is 525 g/mol. The molecule has 0 saturated heterocycles. The number of amides is 1. The van der Waals surface area contributed by atoms with Gasteiger partial charge in [-0.25, -0.2) is 4.39 Å². The number of alkyl halides is 1. The number of hydrogen-bond acceptors (Lipinski definition) is 3. The van der Waals surface area contributed by atoms with Gasteiger partial charge in [0.25, 0.3) is 0 Å². The zero-order valence-corrected chi connectivity index (χ0v) is 24.6. The predicted octanol–water partition coefficient (Wildman–Crippen LogP) is 7.36. The van der Waals surface area contributed by atoms with Crippen LogP contribution in [0.3, 0.4) is 0 Å². The fourth-order valence-corrected chi connectivity index (χ4v) is 10.9. The van der Waals surface area contributed by atoms with Crippen LogP contribution in [-0.4, -0.2) is 24.9 Å². The molecule has 0 spiro atoms. The van der Waals surface area contributed by atoms with Crippen molar-refractivity contribution in [2.45, 2.75) is 99.3 Å². The largest absolute Gasteiger partial charge is 0.353 e. The second kappa shape index (κ2) is 9.90. The van der Waals surface area contributed by atoms with Gasteiger partial charge >= 0.3 is 0 Å². The molecule has 0 bridgehead atoms. The summed E-state index contributed by atoms with van der Waals surface area (Å²) in [5.41, 5.74) is -0.445. The predicted molar refractivity (Wildman–Crippen MR) is 150 cm³/mol. The quantitative estimate of drug-likeness (QED) is 0.392. The highest BCUT2D eigenvalue weighted by Gasteiger charge is 2.70. The van der Waals surface area contributed by atoms with E-state index >= 15 is 0 Å². The Bertz CT molecular complexity index is 1060. The number of ketones is 1. The van der Waals surface area contributed by atoms with Crippen LogP contribution in [0.4, 0.5) is 4.39 Å². The minimum atomic E-state index is -0.519. The second-order valence-electron chi connectivity index (χ2n) is 14.3. The molecule has 4 saturated carbocycles. The van der Waals surface area contributed by atoms with Gasteiger partial charge < -0.3 is 5.32 Å². The molecule has 0 aliphatic heterocycles. The Labute approximate surface area is 229 Å². The molecule has 0 heterocycles. The normalized spacial score (nSPS) is 44.5. The lowest BCUT2D eigenvalue weighted by atomic mass is 9.33.